The van der Waals surface area contributed by atoms with Gasteiger partial charge in [-0.05, 0) is 42.0 Å². The molecule has 0 radical (unpaired) electrons. The Morgan fingerprint density at radius 2 is 1.82 bits per heavy atom. The van der Waals surface area contributed by atoms with Crippen LogP contribution in [0.2, 0.25) is 0 Å². The highest BCUT2D eigenvalue weighted by Crippen LogP contribution is 2.22. The molecule has 0 aliphatic heterocycles. The topological polar surface area (TPSA) is 34.1 Å². The molecule has 0 unspecified atom stereocenters. The van der Waals surface area contributed by atoms with Gasteiger partial charge in [0, 0.05) is 23.8 Å². The van der Waals surface area contributed by atoms with Gasteiger partial charge in [-0.2, -0.15) is 8.78 Å². The van der Waals surface area contributed by atoms with Crippen molar-refractivity contribution in [3.63, 3.8) is 0 Å². The van der Waals surface area contributed by atoms with Crippen LogP contribution in [0.25, 0.3) is 10.9 Å². The Bertz CT molecular complexity index is 755. The molecule has 3 aromatic rings. The minimum atomic E-state index is -2.80. The smallest absolute Gasteiger partial charge is 0.387 e. The number of hydrogen-bond acceptors (Lipinski definition) is 3. The Hall–Kier alpha value is -2.69. The van der Waals surface area contributed by atoms with Gasteiger partial charge in [-0.3, -0.25) is 4.98 Å². The van der Waals surface area contributed by atoms with Crippen LogP contribution in [0.4, 0.5) is 14.5 Å². The Morgan fingerprint density at radius 3 is 2.59 bits per heavy atom. The predicted molar refractivity (Wildman–Crippen MR) is 82.1 cm³/mol. The summed E-state index contributed by atoms with van der Waals surface area (Å²) in [7, 11) is 0. The maximum atomic E-state index is 12.1. The highest BCUT2D eigenvalue weighted by atomic mass is 19.3. The van der Waals surface area contributed by atoms with Gasteiger partial charge in [0.05, 0.1) is 5.52 Å². The molecule has 0 aliphatic rings. The number of halogens is 2. The molecule has 0 saturated carbocycles. The van der Waals surface area contributed by atoms with E-state index in [0.29, 0.717) is 6.54 Å². The first-order valence-corrected chi connectivity index (χ1v) is 6.84. The number of fused-ring (bicyclic) bond motifs is 1. The van der Waals surface area contributed by atoms with Gasteiger partial charge in [0.2, 0.25) is 0 Å². The lowest BCUT2D eigenvalue weighted by Gasteiger charge is -2.10. The van der Waals surface area contributed by atoms with E-state index >= 15 is 0 Å². The number of benzene rings is 2. The van der Waals surface area contributed by atoms with Crippen LogP contribution >= 0.6 is 0 Å². The lowest BCUT2D eigenvalue weighted by Crippen LogP contribution is -2.03. The van der Waals surface area contributed by atoms with Crippen molar-refractivity contribution >= 4 is 16.6 Å². The average molecular weight is 300 g/mol. The molecule has 0 amide bonds. The normalized spacial score (nSPS) is 10.9. The average Bonchev–Trinajstić information content (AvgIpc) is 2.54. The van der Waals surface area contributed by atoms with Crippen LogP contribution in [0.5, 0.6) is 5.75 Å². The minimum Gasteiger partial charge on any atom is -0.435 e. The van der Waals surface area contributed by atoms with Crippen molar-refractivity contribution in [2.45, 2.75) is 13.2 Å². The lowest BCUT2D eigenvalue weighted by molar-refractivity contribution is -0.0498. The molecular formula is C17H14F2N2O. The standard InChI is InChI=1S/C17H14F2N2O/c18-17(19)22-13-8-6-12(7-9-13)11-21-16-5-1-4-15-14(16)3-2-10-20-15/h1-10,17,21H,11H2. The third kappa shape index (κ3) is 3.31. The fourth-order valence-electron chi connectivity index (χ4n) is 2.24. The molecular weight excluding hydrogens is 286 g/mol. The van der Waals surface area contributed by atoms with E-state index in [1.54, 1.807) is 18.3 Å². The van der Waals surface area contributed by atoms with Gasteiger partial charge in [0.15, 0.2) is 0 Å². The van der Waals surface area contributed by atoms with Crippen LogP contribution in [0.15, 0.2) is 60.8 Å². The number of pyridine rings is 1. The second kappa shape index (κ2) is 6.39. The molecule has 112 valence electrons. The van der Waals surface area contributed by atoms with E-state index in [1.807, 2.05) is 30.3 Å². The number of anilines is 1. The third-order valence-electron chi connectivity index (χ3n) is 3.28. The quantitative estimate of drug-likeness (QED) is 0.756. The SMILES string of the molecule is FC(F)Oc1ccc(CNc2cccc3ncccc23)cc1. The molecule has 3 rings (SSSR count). The van der Waals surface area contributed by atoms with Crippen molar-refractivity contribution in [1.29, 1.82) is 0 Å². The fourth-order valence-corrected chi connectivity index (χ4v) is 2.24. The largest absolute Gasteiger partial charge is 0.435 e. The lowest BCUT2D eigenvalue weighted by atomic mass is 10.1. The van der Waals surface area contributed by atoms with E-state index < -0.39 is 6.61 Å². The van der Waals surface area contributed by atoms with Crippen molar-refractivity contribution in [2.75, 3.05) is 5.32 Å². The molecule has 0 aliphatic carbocycles. The molecule has 0 atom stereocenters. The summed E-state index contributed by atoms with van der Waals surface area (Å²) >= 11 is 0. The van der Waals surface area contributed by atoms with Crippen molar-refractivity contribution in [3.05, 3.63) is 66.4 Å². The zero-order valence-electron chi connectivity index (χ0n) is 11.7. The first-order valence-electron chi connectivity index (χ1n) is 6.84. The second-order valence-electron chi connectivity index (χ2n) is 4.75. The van der Waals surface area contributed by atoms with E-state index in [2.05, 4.69) is 15.0 Å². The Morgan fingerprint density at radius 1 is 1.00 bits per heavy atom. The Balaban J connectivity index is 1.71. The van der Waals surface area contributed by atoms with Crippen LogP contribution in [-0.2, 0) is 6.54 Å². The van der Waals surface area contributed by atoms with Crippen molar-refractivity contribution < 1.29 is 13.5 Å². The monoisotopic (exact) mass is 300 g/mol. The molecule has 0 bridgehead atoms. The predicted octanol–water partition coefficient (Wildman–Crippen LogP) is 4.45. The summed E-state index contributed by atoms with van der Waals surface area (Å²) in [4.78, 5) is 4.31. The number of rotatable bonds is 5. The number of aromatic nitrogens is 1. The van der Waals surface area contributed by atoms with Crippen LogP contribution in [0.1, 0.15) is 5.56 Å². The van der Waals surface area contributed by atoms with E-state index in [-0.39, 0.29) is 5.75 Å². The molecule has 3 nitrogen and oxygen atoms in total. The maximum absolute atomic E-state index is 12.1. The summed E-state index contributed by atoms with van der Waals surface area (Å²) in [5.74, 6) is 0.160. The number of nitrogens with one attached hydrogen (secondary N) is 1. The summed E-state index contributed by atoms with van der Waals surface area (Å²) in [5.41, 5.74) is 2.88. The van der Waals surface area contributed by atoms with Gasteiger partial charge in [-0.15, -0.1) is 0 Å². The van der Waals surface area contributed by atoms with Crippen LogP contribution in [0, 0.1) is 0 Å². The van der Waals surface area contributed by atoms with E-state index in [4.69, 9.17) is 0 Å². The van der Waals surface area contributed by atoms with Gasteiger partial charge in [-0.1, -0.05) is 18.2 Å². The van der Waals surface area contributed by atoms with Gasteiger partial charge in [0.1, 0.15) is 5.75 Å². The molecule has 1 aromatic heterocycles. The number of ether oxygens (including phenoxy) is 1. The number of alkyl halides is 2. The number of hydrogen-bond donors (Lipinski definition) is 1. The molecule has 5 heteroatoms. The van der Waals surface area contributed by atoms with Crippen molar-refractivity contribution in [3.8, 4) is 5.75 Å². The molecule has 22 heavy (non-hydrogen) atoms. The first-order chi connectivity index (χ1) is 10.7. The van der Waals surface area contributed by atoms with Crippen LogP contribution in [0.3, 0.4) is 0 Å². The molecule has 2 aromatic carbocycles. The minimum absolute atomic E-state index is 0.160. The summed E-state index contributed by atoms with van der Waals surface area (Å²) < 4.78 is 28.5. The summed E-state index contributed by atoms with van der Waals surface area (Å²) in [6, 6.07) is 16.4. The van der Waals surface area contributed by atoms with Gasteiger partial charge >= 0.3 is 6.61 Å². The molecule has 1 heterocycles. The van der Waals surface area contributed by atoms with Gasteiger partial charge in [-0.25, -0.2) is 0 Å². The van der Waals surface area contributed by atoms with Gasteiger partial charge < -0.3 is 10.1 Å². The fraction of sp³-hybridized carbons (Fsp3) is 0.118. The van der Waals surface area contributed by atoms with Crippen molar-refractivity contribution in [2.24, 2.45) is 0 Å². The summed E-state index contributed by atoms with van der Waals surface area (Å²) in [5, 5.41) is 4.38. The zero-order valence-corrected chi connectivity index (χ0v) is 11.7. The van der Waals surface area contributed by atoms with Crippen molar-refractivity contribution in [1.82, 2.24) is 4.98 Å². The Labute approximate surface area is 126 Å². The molecule has 0 saturated heterocycles. The van der Waals surface area contributed by atoms with Crippen LogP contribution < -0.4 is 10.1 Å². The highest BCUT2D eigenvalue weighted by molar-refractivity contribution is 5.91. The van der Waals surface area contributed by atoms with E-state index in [1.165, 1.54) is 12.1 Å². The third-order valence-corrected chi connectivity index (χ3v) is 3.28. The van der Waals surface area contributed by atoms with Gasteiger partial charge in [0.25, 0.3) is 0 Å². The second-order valence-corrected chi connectivity index (χ2v) is 4.75. The summed E-state index contributed by atoms with van der Waals surface area (Å²) in [6.07, 6.45) is 1.76. The first kappa shape index (κ1) is 14.3. The zero-order chi connectivity index (χ0) is 15.4. The Kier molecular flexibility index (Phi) is 4.14. The molecule has 0 fully saturated rings. The highest BCUT2D eigenvalue weighted by Gasteiger charge is 2.04. The maximum Gasteiger partial charge on any atom is 0.387 e. The van der Waals surface area contributed by atoms with Crippen LogP contribution in [-0.4, -0.2) is 11.6 Å². The van der Waals surface area contributed by atoms with E-state index in [0.717, 1.165) is 22.2 Å². The summed E-state index contributed by atoms with van der Waals surface area (Å²) in [6.45, 7) is -2.21. The van der Waals surface area contributed by atoms with E-state index in [9.17, 15) is 8.78 Å². The molecule has 1 N–H and O–H groups in total. The number of nitrogens with zero attached hydrogens (tertiary/aromatic N) is 1. The molecule has 0 spiro atoms.